The quantitative estimate of drug-likeness (QED) is 0.913. The van der Waals surface area contributed by atoms with Crippen molar-refractivity contribution >= 4 is 17.1 Å². The summed E-state index contributed by atoms with van der Waals surface area (Å²) in [5, 5.41) is 3.44. The topological polar surface area (TPSA) is 33.7 Å². The van der Waals surface area contributed by atoms with Crippen molar-refractivity contribution in [1.82, 2.24) is 0 Å². The van der Waals surface area contributed by atoms with Crippen LogP contribution in [0.1, 0.15) is 12.0 Å². The fourth-order valence-electron chi connectivity index (χ4n) is 3.00. The summed E-state index contributed by atoms with van der Waals surface area (Å²) < 4.78 is 10.7. The van der Waals surface area contributed by atoms with Crippen molar-refractivity contribution in [3.05, 3.63) is 42.0 Å². The van der Waals surface area contributed by atoms with E-state index in [2.05, 4.69) is 35.5 Å². The smallest absolute Gasteiger partial charge is 0.231 e. The van der Waals surface area contributed by atoms with Crippen LogP contribution in [0.3, 0.4) is 0 Å². The predicted octanol–water partition coefficient (Wildman–Crippen LogP) is 3.54. The van der Waals surface area contributed by atoms with Gasteiger partial charge in [-0.3, -0.25) is 0 Å². The van der Waals surface area contributed by atoms with E-state index in [9.17, 15) is 0 Å². The molecule has 4 heteroatoms. The number of aryl methyl sites for hydroxylation is 1. The van der Waals surface area contributed by atoms with Gasteiger partial charge in [0.1, 0.15) is 0 Å². The van der Waals surface area contributed by atoms with Crippen LogP contribution in [-0.4, -0.2) is 20.4 Å². The lowest BCUT2D eigenvalue weighted by Crippen LogP contribution is -2.24. The SMILES string of the molecule is CN1CCCc2cc(Nc3ccc4c(c3)OCO4)ccc21. The number of anilines is 3. The molecule has 2 heterocycles. The van der Waals surface area contributed by atoms with Gasteiger partial charge in [-0.15, -0.1) is 0 Å². The van der Waals surface area contributed by atoms with Crippen LogP contribution in [0.15, 0.2) is 36.4 Å². The van der Waals surface area contributed by atoms with Gasteiger partial charge in [0.25, 0.3) is 0 Å². The summed E-state index contributed by atoms with van der Waals surface area (Å²) >= 11 is 0. The average Bonchev–Trinajstić information content (AvgIpc) is 2.95. The van der Waals surface area contributed by atoms with Crippen molar-refractivity contribution < 1.29 is 9.47 Å². The van der Waals surface area contributed by atoms with Gasteiger partial charge in [0.15, 0.2) is 11.5 Å². The van der Waals surface area contributed by atoms with E-state index in [0.29, 0.717) is 6.79 Å². The molecule has 0 aromatic heterocycles. The van der Waals surface area contributed by atoms with Crippen LogP contribution in [0.5, 0.6) is 11.5 Å². The maximum Gasteiger partial charge on any atom is 0.231 e. The molecule has 1 N–H and O–H groups in total. The number of fused-ring (bicyclic) bond motifs is 2. The lowest BCUT2D eigenvalue weighted by atomic mass is 10.0. The number of ether oxygens (including phenoxy) is 2. The molecule has 0 radical (unpaired) electrons. The molecule has 0 bridgehead atoms. The van der Waals surface area contributed by atoms with E-state index in [1.807, 2.05) is 18.2 Å². The third kappa shape index (κ3) is 2.27. The number of hydrogen-bond acceptors (Lipinski definition) is 4. The Morgan fingerprint density at radius 2 is 1.81 bits per heavy atom. The summed E-state index contributed by atoms with van der Waals surface area (Å²) in [6.07, 6.45) is 2.37. The second-order valence-electron chi connectivity index (χ2n) is 5.56. The van der Waals surface area contributed by atoms with E-state index in [0.717, 1.165) is 35.8 Å². The molecule has 0 fully saturated rings. The fourth-order valence-corrected chi connectivity index (χ4v) is 3.00. The molecule has 0 amide bonds. The van der Waals surface area contributed by atoms with Gasteiger partial charge in [-0.1, -0.05) is 0 Å². The molecule has 2 aromatic carbocycles. The van der Waals surface area contributed by atoms with Crippen molar-refractivity contribution in [3.63, 3.8) is 0 Å². The lowest BCUT2D eigenvalue weighted by molar-refractivity contribution is 0.174. The number of nitrogens with zero attached hydrogens (tertiary/aromatic N) is 1. The van der Waals surface area contributed by atoms with Crippen molar-refractivity contribution in [2.45, 2.75) is 12.8 Å². The Hall–Kier alpha value is -2.36. The van der Waals surface area contributed by atoms with Gasteiger partial charge in [0, 0.05) is 36.7 Å². The van der Waals surface area contributed by atoms with Gasteiger partial charge in [-0.05, 0) is 48.7 Å². The summed E-state index contributed by atoms with van der Waals surface area (Å²) in [5.41, 5.74) is 4.89. The summed E-state index contributed by atoms with van der Waals surface area (Å²) in [6.45, 7) is 1.45. The van der Waals surface area contributed by atoms with Crippen LogP contribution in [-0.2, 0) is 6.42 Å². The zero-order valence-electron chi connectivity index (χ0n) is 12.1. The van der Waals surface area contributed by atoms with Crippen LogP contribution in [0, 0.1) is 0 Å². The molecule has 2 aliphatic rings. The number of hydrogen-bond donors (Lipinski definition) is 1. The highest BCUT2D eigenvalue weighted by Gasteiger charge is 2.15. The third-order valence-corrected chi connectivity index (χ3v) is 4.09. The van der Waals surface area contributed by atoms with Gasteiger partial charge in [0.05, 0.1) is 0 Å². The summed E-state index contributed by atoms with van der Waals surface area (Å²) in [6, 6.07) is 12.5. The summed E-state index contributed by atoms with van der Waals surface area (Å²) in [5.74, 6) is 1.62. The molecule has 0 unspecified atom stereocenters. The van der Waals surface area contributed by atoms with Crippen molar-refractivity contribution in [1.29, 1.82) is 0 Å². The van der Waals surface area contributed by atoms with E-state index >= 15 is 0 Å². The van der Waals surface area contributed by atoms with Crippen LogP contribution in [0.25, 0.3) is 0 Å². The van der Waals surface area contributed by atoms with Crippen molar-refractivity contribution in [2.24, 2.45) is 0 Å². The van der Waals surface area contributed by atoms with Crippen LogP contribution in [0.2, 0.25) is 0 Å². The first-order valence-corrected chi connectivity index (χ1v) is 7.30. The lowest BCUT2D eigenvalue weighted by Gasteiger charge is -2.28. The minimum absolute atomic E-state index is 0.309. The highest BCUT2D eigenvalue weighted by atomic mass is 16.7. The van der Waals surface area contributed by atoms with Crippen molar-refractivity contribution in [2.75, 3.05) is 30.6 Å². The molecule has 0 saturated carbocycles. The summed E-state index contributed by atoms with van der Waals surface area (Å²) in [7, 11) is 2.16. The second-order valence-corrected chi connectivity index (χ2v) is 5.56. The van der Waals surface area contributed by atoms with E-state index in [-0.39, 0.29) is 0 Å². The van der Waals surface area contributed by atoms with Crippen LogP contribution >= 0.6 is 0 Å². The van der Waals surface area contributed by atoms with Crippen molar-refractivity contribution in [3.8, 4) is 11.5 Å². The first-order chi connectivity index (χ1) is 10.3. The molecule has 2 aliphatic heterocycles. The Balaban J connectivity index is 1.60. The largest absolute Gasteiger partial charge is 0.454 e. The van der Waals surface area contributed by atoms with Gasteiger partial charge in [0.2, 0.25) is 6.79 Å². The molecule has 0 atom stereocenters. The second kappa shape index (κ2) is 4.88. The predicted molar refractivity (Wildman–Crippen MR) is 83.9 cm³/mol. The Kier molecular flexibility index (Phi) is 2.88. The number of benzene rings is 2. The Bertz CT molecular complexity index is 684. The number of nitrogens with one attached hydrogen (secondary N) is 1. The maximum atomic E-state index is 5.41. The molecular weight excluding hydrogens is 264 g/mol. The Morgan fingerprint density at radius 1 is 1.00 bits per heavy atom. The molecule has 0 aliphatic carbocycles. The zero-order chi connectivity index (χ0) is 14.2. The normalized spacial score (nSPS) is 15.8. The molecule has 2 aromatic rings. The highest BCUT2D eigenvalue weighted by Crippen LogP contribution is 2.36. The third-order valence-electron chi connectivity index (χ3n) is 4.09. The Labute approximate surface area is 124 Å². The first kappa shape index (κ1) is 12.4. The van der Waals surface area contributed by atoms with E-state index in [1.165, 1.54) is 17.7 Å². The minimum Gasteiger partial charge on any atom is -0.454 e. The van der Waals surface area contributed by atoms with Gasteiger partial charge < -0.3 is 19.7 Å². The van der Waals surface area contributed by atoms with Gasteiger partial charge in [-0.2, -0.15) is 0 Å². The molecule has 108 valence electrons. The standard InChI is InChI=1S/C17H18N2O2/c1-19-8-2-3-12-9-13(4-6-15(12)19)18-14-5-7-16-17(10-14)21-11-20-16/h4-7,9-10,18H,2-3,8,11H2,1H3. The van der Waals surface area contributed by atoms with Crippen LogP contribution < -0.4 is 19.7 Å². The van der Waals surface area contributed by atoms with Gasteiger partial charge in [-0.25, -0.2) is 0 Å². The fraction of sp³-hybridized carbons (Fsp3) is 0.294. The highest BCUT2D eigenvalue weighted by molar-refractivity contribution is 5.68. The Morgan fingerprint density at radius 3 is 2.76 bits per heavy atom. The average molecular weight is 282 g/mol. The molecular formula is C17H18N2O2. The zero-order valence-corrected chi connectivity index (χ0v) is 12.1. The number of rotatable bonds is 2. The van der Waals surface area contributed by atoms with Gasteiger partial charge >= 0.3 is 0 Å². The van der Waals surface area contributed by atoms with Crippen LogP contribution in [0.4, 0.5) is 17.1 Å². The molecule has 21 heavy (non-hydrogen) atoms. The first-order valence-electron chi connectivity index (χ1n) is 7.30. The maximum absolute atomic E-state index is 5.41. The molecule has 0 saturated heterocycles. The van der Waals surface area contributed by atoms with E-state index < -0.39 is 0 Å². The minimum atomic E-state index is 0.309. The van der Waals surface area contributed by atoms with E-state index in [4.69, 9.17) is 9.47 Å². The molecule has 0 spiro atoms. The van der Waals surface area contributed by atoms with E-state index in [1.54, 1.807) is 0 Å². The summed E-state index contributed by atoms with van der Waals surface area (Å²) in [4.78, 5) is 2.32. The molecule has 4 nitrogen and oxygen atoms in total. The monoisotopic (exact) mass is 282 g/mol. The molecule has 4 rings (SSSR count).